The first-order valence-corrected chi connectivity index (χ1v) is 6.44. The molecule has 104 valence electrons. The molecule has 0 aliphatic carbocycles. The molecule has 2 heterocycles. The summed E-state index contributed by atoms with van der Waals surface area (Å²) < 4.78 is 39.6. The Morgan fingerprint density at radius 3 is 2.39 bits per heavy atom. The average Bonchev–Trinajstić information content (AvgIpc) is 2.78. The third kappa shape index (κ3) is 2.22. The molecule has 3 nitrogen and oxygen atoms in total. The topological polar surface area (TPSA) is 32.3 Å². The molecule has 2 saturated heterocycles. The molecule has 1 atom stereocenters. The summed E-state index contributed by atoms with van der Waals surface area (Å²) in [6.07, 6.45) is -3.00. The van der Waals surface area contributed by atoms with Gasteiger partial charge in [0.25, 0.3) is 0 Å². The summed E-state index contributed by atoms with van der Waals surface area (Å²) in [6.45, 7) is 2.96. The second-order valence-corrected chi connectivity index (χ2v) is 5.48. The Morgan fingerprint density at radius 1 is 1.33 bits per heavy atom. The van der Waals surface area contributed by atoms with Gasteiger partial charge in [-0.1, -0.05) is 6.92 Å². The summed E-state index contributed by atoms with van der Waals surface area (Å²) in [7, 11) is 0. The second kappa shape index (κ2) is 4.72. The quantitative estimate of drug-likeness (QED) is 0.783. The van der Waals surface area contributed by atoms with Crippen LogP contribution in [0.3, 0.4) is 0 Å². The van der Waals surface area contributed by atoms with Crippen molar-refractivity contribution in [2.24, 2.45) is 11.3 Å². The number of likely N-dealkylation sites (tertiary alicyclic amines) is 1. The number of hydrogen-bond acceptors (Lipinski definition) is 2. The van der Waals surface area contributed by atoms with E-state index in [0.29, 0.717) is 19.0 Å². The summed E-state index contributed by atoms with van der Waals surface area (Å²) in [4.78, 5) is 13.6. The minimum Gasteiger partial charge on any atom is -0.342 e. The van der Waals surface area contributed by atoms with Crippen molar-refractivity contribution in [2.75, 3.05) is 26.2 Å². The zero-order valence-corrected chi connectivity index (χ0v) is 10.5. The van der Waals surface area contributed by atoms with E-state index in [1.807, 2.05) is 0 Å². The molecule has 1 amide bonds. The van der Waals surface area contributed by atoms with E-state index in [1.165, 1.54) is 4.90 Å². The molecule has 2 rings (SSSR count). The molecule has 18 heavy (non-hydrogen) atoms. The number of piperidine rings is 1. The monoisotopic (exact) mass is 264 g/mol. The van der Waals surface area contributed by atoms with Crippen LogP contribution in [0.25, 0.3) is 0 Å². The van der Waals surface area contributed by atoms with Crippen molar-refractivity contribution in [2.45, 2.75) is 32.4 Å². The minimum absolute atomic E-state index is 0.138. The van der Waals surface area contributed by atoms with Gasteiger partial charge in [0.05, 0.1) is 0 Å². The Hall–Kier alpha value is -0.780. The van der Waals surface area contributed by atoms with Crippen molar-refractivity contribution in [3.8, 4) is 0 Å². The average molecular weight is 264 g/mol. The van der Waals surface area contributed by atoms with Gasteiger partial charge in [0.15, 0.2) is 5.41 Å². The minimum atomic E-state index is -4.46. The van der Waals surface area contributed by atoms with Crippen LogP contribution < -0.4 is 5.32 Å². The number of carbonyl (C=O) groups excluding carboxylic acids is 1. The summed E-state index contributed by atoms with van der Waals surface area (Å²) in [5.74, 6) is -0.232. The summed E-state index contributed by atoms with van der Waals surface area (Å²) in [5.41, 5.74) is -2.19. The Kier molecular flexibility index (Phi) is 3.58. The van der Waals surface area contributed by atoms with Crippen molar-refractivity contribution in [3.63, 3.8) is 0 Å². The van der Waals surface area contributed by atoms with Crippen LogP contribution in [0.5, 0.6) is 0 Å². The van der Waals surface area contributed by atoms with Crippen molar-refractivity contribution >= 4 is 5.91 Å². The van der Waals surface area contributed by atoms with E-state index in [4.69, 9.17) is 0 Å². The lowest BCUT2D eigenvalue weighted by molar-refractivity contribution is -0.222. The fourth-order valence-corrected chi connectivity index (χ4v) is 2.75. The summed E-state index contributed by atoms with van der Waals surface area (Å²) in [6, 6.07) is 0. The number of alkyl halides is 3. The van der Waals surface area contributed by atoms with Gasteiger partial charge in [0.2, 0.25) is 5.91 Å². The van der Waals surface area contributed by atoms with Gasteiger partial charge in [-0.15, -0.1) is 0 Å². The lowest BCUT2D eigenvalue weighted by Crippen LogP contribution is -2.55. The molecule has 0 aromatic carbocycles. The van der Waals surface area contributed by atoms with Gasteiger partial charge in [-0.05, 0) is 31.7 Å². The summed E-state index contributed by atoms with van der Waals surface area (Å²) >= 11 is 0. The second-order valence-electron chi connectivity index (χ2n) is 5.48. The summed E-state index contributed by atoms with van der Waals surface area (Å²) in [5, 5.41) is 2.68. The van der Waals surface area contributed by atoms with Crippen LogP contribution >= 0.6 is 0 Å². The van der Waals surface area contributed by atoms with Crippen molar-refractivity contribution in [1.82, 2.24) is 10.2 Å². The standard InChI is InChI=1S/C12H19F3N2O/c1-9-2-6-17(7-3-9)10(18)11(12(13,14)15)4-5-16-8-11/h9,16H,2-8H2,1H3. The van der Waals surface area contributed by atoms with Crippen molar-refractivity contribution in [1.29, 1.82) is 0 Å². The number of nitrogens with zero attached hydrogens (tertiary/aromatic N) is 1. The highest BCUT2D eigenvalue weighted by Gasteiger charge is 2.62. The first-order valence-electron chi connectivity index (χ1n) is 6.44. The third-order valence-electron chi connectivity index (χ3n) is 4.18. The molecular weight excluding hydrogens is 245 g/mol. The number of amides is 1. The fourth-order valence-electron chi connectivity index (χ4n) is 2.75. The fraction of sp³-hybridized carbons (Fsp3) is 0.917. The Morgan fingerprint density at radius 2 is 1.94 bits per heavy atom. The van der Waals surface area contributed by atoms with E-state index < -0.39 is 17.5 Å². The SMILES string of the molecule is CC1CCN(C(=O)C2(C(F)(F)F)CCNC2)CC1. The highest BCUT2D eigenvalue weighted by Crippen LogP contribution is 2.44. The first-order chi connectivity index (χ1) is 8.37. The molecule has 0 aromatic rings. The maximum Gasteiger partial charge on any atom is 0.404 e. The van der Waals surface area contributed by atoms with Crippen LogP contribution in [0.15, 0.2) is 0 Å². The molecule has 6 heteroatoms. The van der Waals surface area contributed by atoms with E-state index in [-0.39, 0.29) is 19.5 Å². The van der Waals surface area contributed by atoms with Gasteiger partial charge in [-0.2, -0.15) is 13.2 Å². The molecule has 0 saturated carbocycles. The molecule has 2 fully saturated rings. The largest absolute Gasteiger partial charge is 0.404 e. The maximum atomic E-state index is 13.2. The Balaban J connectivity index is 2.14. The number of rotatable bonds is 1. The predicted octanol–water partition coefficient (Wildman–Crippen LogP) is 1.79. The normalized spacial score (nSPS) is 30.8. The van der Waals surface area contributed by atoms with Gasteiger partial charge >= 0.3 is 6.18 Å². The third-order valence-corrected chi connectivity index (χ3v) is 4.18. The molecular formula is C12H19F3N2O. The van der Waals surface area contributed by atoms with Crippen molar-refractivity contribution < 1.29 is 18.0 Å². The molecule has 0 aromatic heterocycles. The number of hydrogen-bond donors (Lipinski definition) is 1. The number of nitrogens with one attached hydrogen (secondary N) is 1. The lowest BCUT2D eigenvalue weighted by atomic mass is 9.83. The first kappa shape index (κ1) is 13.6. The van der Waals surface area contributed by atoms with Gasteiger partial charge in [0.1, 0.15) is 0 Å². The van der Waals surface area contributed by atoms with E-state index >= 15 is 0 Å². The number of halogens is 3. The Bertz CT molecular complexity index is 316. The van der Waals surface area contributed by atoms with E-state index in [2.05, 4.69) is 12.2 Å². The van der Waals surface area contributed by atoms with E-state index in [1.54, 1.807) is 0 Å². The van der Waals surface area contributed by atoms with Crippen LogP contribution in [0.4, 0.5) is 13.2 Å². The van der Waals surface area contributed by atoms with E-state index in [9.17, 15) is 18.0 Å². The predicted molar refractivity (Wildman–Crippen MR) is 61.0 cm³/mol. The number of carbonyl (C=O) groups is 1. The highest BCUT2D eigenvalue weighted by molar-refractivity contribution is 5.84. The van der Waals surface area contributed by atoms with Crippen LogP contribution in [0.2, 0.25) is 0 Å². The molecule has 0 spiro atoms. The van der Waals surface area contributed by atoms with Crippen molar-refractivity contribution in [3.05, 3.63) is 0 Å². The van der Waals surface area contributed by atoms with Crippen LogP contribution in [0, 0.1) is 11.3 Å². The van der Waals surface area contributed by atoms with Crippen LogP contribution in [-0.4, -0.2) is 43.2 Å². The molecule has 0 radical (unpaired) electrons. The molecule has 1 N–H and O–H groups in total. The maximum absolute atomic E-state index is 13.2. The highest BCUT2D eigenvalue weighted by atomic mass is 19.4. The molecule has 2 aliphatic rings. The lowest BCUT2D eigenvalue weighted by Gasteiger charge is -2.38. The zero-order valence-electron chi connectivity index (χ0n) is 10.5. The zero-order chi connectivity index (χ0) is 13.4. The van der Waals surface area contributed by atoms with Gasteiger partial charge in [0, 0.05) is 19.6 Å². The van der Waals surface area contributed by atoms with Gasteiger partial charge in [-0.3, -0.25) is 4.79 Å². The van der Waals surface area contributed by atoms with E-state index in [0.717, 1.165) is 12.8 Å². The van der Waals surface area contributed by atoms with Crippen LogP contribution in [-0.2, 0) is 4.79 Å². The van der Waals surface area contributed by atoms with Gasteiger partial charge < -0.3 is 10.2 Å². The molecule has 2 aliphatic heterocycles. The van der Waals surface area contributed by atoms with Crippen LogP contribution in [0.1, 0.15) is 26.2 Å². The molecule has 0 bridgehead atoms. The van der Waals surface area contributed by atoms with Gasteiger partial charge in [-0.25, -0.2) is 0 Å². The smallest absolute Gasteiger partial charge is 0.342 e. The Labute approximate surface area is 105 Å². The molecule has 1 unspecified atom stereocenters.